The minimum atomic E-state index is -2.36. The molecule has 0 saturated carbocycles. The predicted molar refractivity (Wildman–Crippen MR) is 35.1 cm³/mol. The molecule has 0 fully saturated rings. The van der Waals surface area contributed by atoms with Crippen molar-refractivity contribution < 1.29 is 64.7 Å². The van der Waals surface area contributed by atoms with Crippen LogP contribution in [0.25, 0.3) is 0 Å². The van der Waals surface area contributed by atoms with Crippen LogP contribution in [-0.4, -0.2) is 57.1 Å². The number of hydrogen-bond donors (Lipinski definition) is 4. The van der Waals surface area contributed by atoms with Gasteiger partial charge in [-0.05, 0) is 0 Å². The molecule has 0 aromatic carbocycles. The maximum Gasteiger partial charge on any atom is 1.00 e. The number of carboxylic acid groups (broad SMARTS) is 1. The molecule has 0 bridgehead atoms. The summed E-state index contributed by atoms with van der Waals surface area (Å²) in [6.45, 7) is 0. The van der Waals surface area contributed by atoms with Gasteiger partial charge in [0.1, 0.15) is 24.4 Å². The van der Waals surface area contributed by atoms with Crippen LogP contribution < -0.4 is 34.7 Å². The fourth-order valence-electron chi connectivity index (χ4n) is 0.609. The number of carboxylic acids is 1. The molecule has 76 valence electrons. The number of rotatable bonds is 5. The first-order chi connectivity index (χ1) is 5.91. The SMILES string of the molecule is O=C[C@H](O)[C@@H](O)[C@H](O)[C@@H](O)C(=O)[O-].[Na+]. The number of aliphatic carboxylic acids is 1. The molecule has 4 atom stereocenters. The maximum absolute atomic E-state index is 9.95. The Kier molecular flexibility index (Phi) is 8.55. The number of hydrogen-bond acceptors (Lipinski definition) is 7. The van der Waals surface area contributed by atoms with Crippen molar-refractivity contribution in [3.63, 3.8) is 0 Å². The van der Waals surface area contributed by atoms with Gasteiger partial charge in [-0.2, -0.15) is 0 Å². The normalized spacial score (nSPS) is 18.6. The third-order valence-corrected chi connectivity index (χ3v) is 1.40. The summed E-state index contributed by atoms with van der Waals surface area (Å²) in [6, 6.07) is 0. The summed E-state index contributed by atoms with van der Waals surface area (Å²) >= 11 is 0. The van der Waals surface area contributed by atoms with Crippen LogP contribution >= 0.6 is 0 Å². The molecule has 0 rings (SSSR count). The molecular weight excluding hydrogens is 207 g/mol. The predicted octanol–water partition coefficient (Wildman–Crippen LogP) is -7.62. The third-order valence-electron chi connectivity index (χ3n) is 1.40. The Labute approximate surface area is 101 Å². The molecule has 0 aromatic rings. The first-order valence-electron chi connectivity index (χ1n) is 3.30. The summed E-state index contributed by atoms with van der Waals surface area (Å²) in [5.41, 5.74) is 0. The Bertz CT molecular complexity index is 197. The summed E-state index contributed by atoms with van der Waals surface area (Å²) in [5.74, 6) is -2.01. The van der Waals surface area contributed by atoms with E-state index in [4.69, 9.17) is 20.4 Å². The Hall–Kier alpha value is -0.0200. The average Bonchev–Trinajstić information content (AvgIpc) is 2.12. The van der Waals surface area contributed by atoms with Crippen molar-refractivity contribution in [2.75, 3.05) is 0 Å². The number of aldehydes is 1. The zero-order valence-electron chi connectivity index (χ0n) is 7.40. The Morgan fingerprint density at radius 2 is 1.57 bits per heavy atom. The largest absolute Gasteiger partial charge is 1.00 e. The van der Waals surface area contributed by atoms with Gasteiger partial charge in [-0.25, -0.2) is 0 Å². The zero-order valence-corrected chi connectivity index (χ0v) is 9.40. The second kappa shape index (κ2) is 7.30. The molecule has 0 radical (unpaired) electrons. The van der Waals surface area contributed by atoms with Crippen molar-refractivity contribution in [1.82, 2.24) is 0 Å². The van der Waals surface area contributed by atoms with E-state index < -0.39 is 30.4 Å². The van der Waals surface area contributed by atoms with Gasteiger partial charge >= 0.3 is 29.6 Å². The third kappa shape index (κ3) is 4.47. The Morgan fingerprint density at radius 1 is 1.14 bits per heavy atom. The van der Waals surface area contributed by atoms with Gasteiger partial charge in [-0.1, -0.05) is 0 Å². The van der Waals surface area contributed by atoms with E-state index in [1.807, 2.05) is 0 Å². The van der Waals surface area contributed by atoms with Crippen LogP contribution in [0, 0.1) is 0 Å². The van der Waals surface area contributed by atoms with Crippen LogP contribution in [-0.2, 0) is 9.59 Å². The summed E-state index contributed by atoms with van der Waals surface area (Å²) in [5, 5.41) is 44.8. The van der Waals surface area contributed by atoms with Gasteiger partial charge in [0.2, 0.25) is 0 Å². The second-order valence-electron chi connectivity index (χ2n) is 2.37. The Morgan fingerprint density at radius 3 is 1.86 bits per heavy atom. The molecule has 0 aliphatic carbocycles. The van der Waals surface area contributed by atoms with Crippen LogP contribution in [0.15, 0.2) is 0 Å². The molecule has 4 N–H and O–H groups in total. The van der Waals surface area contributed by atoms with Crippen LogP contribution in [0.2, 0.25) is 0 Å². The summed E-state index contributed by atoms with van der Waals surface area (Å²) < 4.78 is 0. The van der Waals surface area contributed by atoms with E-state index in [0.29, 0.717) is 0 Å². The van der Waals surface area contributed by atoms with Gasteiger partial charge in [0.05, 0.1) is 5.97 Å². The van der Waals surface area contributed by atoms with Crippen molar-refractivity contribution >= 4 is 12.3 Å². The van der Waals surface area contributed by atoms with Crippen molar-refractivity contribution in [3.8, 4) is 0 Å². The van der Waals surface area contributed by atoms with E-state index in [-0.39, 0.29) is 35.8 Å². The van der Waals surface area contributed by atoms with Gasteiger partial charge in [0.25, 0.3) is 0 Å². The minimum Gasteiger partial charge on any atom is -0.547 e. The molecule has 0 spiro atoms. The molecule has 0 amide bonds. The van der Waals surface area contributed by atoms with Crippen molar-refractivity contribution in [2.24, 2.45) is 0 Å². The summed E-state index contributed by atoms with van der Waals surface area (Å²) in [4.78, 5) is 19.8. The molecule has 0 heterocycles. The topological polar surface area (TPSA) is 138 Å². The molecule has 7 nitrogen and oxygen atoms in total. The van der Waals surface area contributed by atoms with Gasteiger partial charge in [-0.3, -0.25) is 0 Å². The fraction of sp³-hybridized carbons (Fsp3) is 0.667. The summed E-state index contributed by atoms with van der Waals surface area (Å²) in [7, 11) is 0. The molecule has 14 heavy (non-hydrogen) atoms. The summed E-state index contributed by atoms with van der Waals surface area (Å²) in [6.07, 6.45) is -8.65. The van der Waals surface area contributed by atoms with Gasteiger partial charge in [-0.15, -0.1) is 0 Å². The monoisotopic (exact) mass is 216 g/mol. The fourth-order valence-corrected chi connectivity index (χ4v) is 0.609. The maximum atomic E-state index is 9.95. The van der Waals surface area contributed by atoms with E-state index in [1.165, 1.54) is 0 Å². The number of aliphatic hydroxyl groups excluding tert-OH is 4. The van der Waals surface area contributed by atoms with Crippen LogP contribution in [0.4, 0.5) is 0 Å². The van der Waals surface area contributed by atoms with Crippen LogP contribution in [0.1, 0.15) is 0 Å². The Balaban J connectivity index is 0. The molecule has 0 aromatic heterocycles. The second-order valence-corrected chi connectivity index (χ2v) is 2.37. The van der Waals surface area contributed by atoms with Gasteiger partial charge in [0.15, 0.2) is 6.29 Å². The van der Waals surface area contributed by atoms with E-state index in [2.05, 4.69) is 0 Å². The van der Waals surface area contributed by atoms with E-state index >= 15 is 0 Å². The van der Waals surface area contributed by atoms with Crippen LogP contribution in [0.5, 0.6) is 0 Å². The van der Waals surface area contributed by atoms with Gasteiger partial charge < -0.3 is 35.1 Å². The molecule has 0 unspecified atom stereocenters. The van der Waals surface area contributed by atoms with Crippen molar-refractivity contribution in [2.45, 2.75) is 24.4 Å². The number of aliphatic hydroxyl groups is 4. The quantitative estimate of drug-likeness (QED) is 0.264. The van der Waals surface area contributed by atoms with Crippen molar-refractivity contribution in [3.05, 3.63) is 0 Å². The van der Waals surface area contributed by atoms with E-state index in [0.717, 1.165) is 0 Å². The molecular formula is C6H9NaO7. The molecule has 8 heteroatoms. The van der Waals surface area contributed by atoms with Crippen molar-refractivity contribution in [1.29, 1.82) is 0 Å². The molecule has 0 aliphatic heterocycles. The first-order valence-corrected chi connectivity index (χ1v) is 3.30. The number of carbonyl (C=O) groups excluding carboxylic acids is 2. The first kappa shape index (κ1) is 16.4. The van der Waals surface area contributed by atoms with Crippen LogP contribution in [0.3, 0.4) is 0 Å². The molecule has 0 saturated heterocycles. The van der Waals surface area contributed by atoms with E-state index in [9.17, 15) is 14.7 Å². The molecule has 0 aliphatic rings. The smallest absolute Gasteiger partial charge is 0.547 e. The average molecular weight is 216 g/mol. The number of carbonyl (C=O) groups is 2. The minimum absolute atomic E-state index is 0. The standard InChI is InChI=1S/C6H10O7.Na/c7-1-2(8)3(9)4(10)5(11)6(12)13;/h1-5,8-11H,(H,12,13);/q;+1/p-1/t2-,3+,4-,5+;/m0./s1. The zero-order chi connectivity index (χ0) is 10.6. The van der Waals surface area contributed by atoms with Gasteiger partial charge in [0, 0.05) is 0 Å². The van der Waals surface area contributed by atoms with E-state index in [1.54, 1.807) is 0 Å².